The van der Waals surface area contributed by atoms with E-state index in [0.717, 1.165) is 5.82 Å². The number of benzene rings is 1. The molecule has 156 valence electrons. The Bertz CT molecular complexity index is 1120. The van der Waals surface area contributed by atoms with Gasteiger partial charge in [-0.25, -0.2) is 23.4 Å². The standard InChI is InChI=1S/C20H22N6O3S/c1-14-21-9-6-18(24-14)25-20(27)16-2-4-17(5-3-16)30(28,29)26-12-7-15(8-13-26)19-22-10-11-23-19/h2-6,9-11,15H,7-8,12-13H2,1H3,(H,22,23)(H,21,24,25,27). The van der Waals surface area contributed by atoms with Crippen molar-refractivity contribution in [1.82, 2.24) is 24.2 Å². The number of carbonyl (C=O) groups is 1. The summed E-state index contributed by atoms with van der Waals surface area (Å²) in [7, 11) is -3.61. The van der Waals surface area contributed by atoms with Crippen LogP contribution in [0.1, 0.15) is 40.8 Å². The van der Waals surface area contributed by atoms with Crippen molar-refractivity contribution in [3.63, 3.8) is 0 Å². The van der Waals surface area contributed by atoms with Crippen molar-refractivity contribution in [2.75, 3.05) is 18.4 Å². The maximum atomic E-state index is 13.0. The van der Waals surface area contributed by atoms with Gasteiger partial charge in [0.05, 0.1) is 4.90 Å². The van der Waals surface area contributed by atoms with Crippen molar-refractivity contribution in [3.8, 4) is 0 Å². The van der Waals surface area contributed by atoms with E-state index in [1.165, 1.54) is 28.6 Å². The number of sulfonamides is 1. The first-order valence-corrected chi connectivity index (χ1v) is 11.1. The number of imidazole rings is 1. The third-order valence-electron chi connectivity index (χ3n) is 5.13. The maximum absolute atomic E-state index is 13.0. The number of hydrogen-bond acceptors (Lipinski definition) is 6. The van der Waals surface area contributed by atoms with E-state index in [1.807, 2.05) is 0 Å². The number of nitrogens with one attached hydrogen (secondary N) is 2. The molecule has 0 aliphatic carbocycles. The van der Waals surface area contributed by atoms with E-state index in [2.05, 4.69) is 25.3 Å². The molecule has 1 aromatic carbocycles. The highest BCUT2D eigenvalue weighted by Gasteiger charge is 2.30. The van der Waals surface area contributed by atoms with Gasteiger partial charge in [-0.3, -0.25) is 4.79 Å². The SMILES string of the molecule is Cc1nccc(NC(=O)c2ccc(S(=O)(=O)N3CCC(c4ncc[nH]4)CC3)cc2)n1. The van der Waals surface area contributed by atoms with Gasteiger partial charge in [0.25, 0.3) is 5.91 Å². The second-order valence-corrected chi connectivity index (χ2v) is 9.06. The first kappa shape index (κ1) is 20.2. The number of aromatic nitrogens is 4. The third-order valence-corrected chi connectivity index (χ3v) is 7.04. The van der Waals surface area contributed by atoms with Crippen molar-refractivity contribution < 1.29 is 13.2 Å². The molecule has 4 rings (SSSR count). The normalized spacial score (nSPS) is 15.8. The van der Waals surface area contributed by atoms with Gasteiger partial charge in [0.1, 0.15) is 17.5 Å². The largest absolute Gasteiger partial charge is 0.348 e. The van der Waals surface area contributed by atoms with E-state index in [1.54, 1.807) is 31.6 Å². The minimum Gasteiger partial charge on any atom is -0.348 e. The highest BCUT2D eigenvalue weighted by molar-refractivity contribution is 7.89. The fourth-order valence-electron chi connectivity index (χ4n) is 3.51. The molecule has 3 heterocycles. The Morgan fingerprint density at radius 1 is 1.10 bits per heavy atom. The van der Waals surface area contributed by atoms with Crippen LogP contribution in [-0.2, 0) is 10.0 Å². The molecule has 10 heteroatoms. The maximum Gasteiger partial charge on any atom is 0.256 e. The van der Waals surface area contributed by atoms with E-state index in [0.29, 0.717) is 43.1 Å². The Hall–Kier alpha value is -3.11. The van der Waals surface area contributed by atoms with Gasteiger partial charge in [0.2, 0.25) is 10.0 Å². The summed E-state index contributed by atoms with van der Waals surface area (Å²) in [6.45, 7) is 2.60. The van der Waals surface area contributed by atoms with Gasteiger partial charge in [-0.2, -0.15) is 4.31 Å². The molecule has 9 nitrogen and oxygen atoms in total. The first-order chi connectivity index (χ1) is 14.4. The number of aromatic amines is 1. The van der Waals surface area contributed by atoms with Gasteiger partial charge in [0.15, 0.2) is 0 Å². The average molecular weight is 427 g/mol. The van der Waals surface area contributed by atoms with Crippen LogP contribution in [0.25, 0.3) is 0 Å². The molecular formula is C20H22N6O3S. The summed E-state index contributed by atoms with van der Waals surface area (Å²) in [5.41, 5.74) is 0.349. The molecule has 2 aromatic heterocycles. The zero-order chi connectivity index (χ0) is 21.1. The molecule has 0 saturated carbocycles. The first-order valence-electron chi connectivity index (χ1n) is 9.64. The van der Waals surface area contributed by atoms with Crippen LogP contribution in [-0.4, -0.2) is 51.7 Å². The van der Waals surface area contributed by atoms with Gasteiger partial charge in [-0.15, -0.1) is 0 Å². The molecule has 0 spiro atoms. The van der Waals surface area contributed by atoms with E-state index in [4.69, 9.17) is 0 Å². The molecular weight excluding hydrogens is 404 g/mol. The smallest absolute Gasteiger partial charge is 0.256 e. The summed E-state index contributed by atoms with van der Waals surface area (Å²) in [5.74, 6) is 1.72. The van der Waals surface area contributed by atoms with E-state index >= 15 is 0 Å². The zero-order valence-corrected chi connectivity index (χ0v) is 17.3. The molecule has 0 bridgehead atoms. The Labute approximate surface area is 174 Å². The number of H-pyrrole nitrogens is 1. The van der Waals surface area contributed by atoms with Crippen LogP contribution in [0.4, 0.5) is 5.82 Å². The molecule has 2 N–H and O–H groups in total. The lowest BCUT2D eigenvalue weighted by Gasteiger charge is -2.30. The number of piperidine rings is 1. The van der Waals surface area contributed by atoms with Crippen molar-refractivity contribution in [2.24, 2.45) is 0 Å². The average Bonchev–Trinajstić information content (AvgIpc) is 3.29. The topological polar surface area (TPSA) is 121 Å². The zero-order valence-electron chi connectivity index (χ0n) is 16.4. The Balaban J connectivity index is 1.42. The quantitative estimate of drug-likeness (QED) is 0.646. The minimum atomic E-state index is -3.61. The molecule has 0 radical (unpaired) electrons. The number of rotatable bonds is 5. The van der Waals surface area contributed by atoms with Crippen molar-refractivity contribution in [3.05, 3.63) is 66.1 Å². The number of carbonyl (C=O) groups excluding carboxylic acids is 1. The van der Waals surface area contributed by atoms with Crippen LogP contribution < -0.4 is 5.32 Å². The number of nitrogens with zero attached hydrogens (tertiary/aromatic N) is 4. The molecule has 1 fully saturated rings. The van der Waals surface area contributed by atoms with Gasteiger partial charge in [-0.05, 0) is 50.1 Å². The molecule has 1 amide bonds. The summed E-state index contributed by atoms with van der Waals surface area (Å²) >= 11 is 0. The van der Waals surface area contributed by atoms with Crippen LogP contribution >= 0.6 is 0 Å². The molecule has 1 aliphatic rings. The van der Waals surface area contributed by atoms with E-state index < -0.39 is 10.0 Å². The molecule has 3 aromatic rings. The van der Waals surface area contributed by atoms with Crippen molar-refractivity contribution in [1.29, 1.82) is 0 Å². The number of anilines is 1. The van der Waals surface area contributed by atoms with Gasteiger partial charge < -0.3 is 10.3 Å². The van der Waals surface area contributed by atoms with Crippen LogP contribution in [0, 0.1) is 6.92 Å². The summed E-state index contributed by atoms with van der Waals surface area (Å²) < 4.78 is 27.4. The van der Waals surface area contributed by atoms with Gasteiger partial charge in [0, 0.05) is 43.2 Å². The molecule has 0 unspecified atom stereocenters. The lowest BCUT2D eigenvalue weighted by Crippen LogP contribution is -2.38. The van der Waals surface area contributed by atoms with Crippen LogP contribution in [0.15, 0.2) is 53.8 Å². The van der Waals surface area contributed by atoms with Crippen LogP contribution in [0.2, 0.25) is 0 Å². The Morgan fingerprint density at radius 3 is 2.47 bits per heavy atom. The third kappa shape index (κ3) is 4.24. The molecule has 1 aliphatic heterocycles. The molecule has 1 saturated heterocycles. The highest BCUT2D eigenvalue weighted by atomic mass is 32.2. The van der Waals surface area contributed by atoms with Crippen molar-refractivity contribution in [2.45, 2.75) is 30.6 Å². The predicted octanol–water partition coefficient (Wildman–Crippen LogP) is 2.33. The fourth-order valence-corrected chi connectivity index (χ4v) is 4.98. The summed E-state index contributed by atoms with van der Waals surface area (Å²) in [6, 6.07) is 7.54. The Kier molecular flexibility index (Phi) is 5.60. The van der Waals surface area contributed by atoms with E-state index in [9.17, 15) is 13.2 Å². The molecule has 0 atom stereocenters. The van der Waals surface area contributed by atoms with E-state index in [-0.39, 0.29) is 16.7 Å². The monoisotopic (exact) mass is 426 g/mol. The summed E-state index contributed by atoms with van der Waals surface area (Å²) in [5, 5.41) is 2.68. The second-order valence-electron chi connectivity index (χ2n) is 7.12. The predicted molar refractivity (Wildman–Crippen MR) is 110 cm³/mol. The number of aryl methyl sites for hydroxylation is 1. The summed E-state index contributed by atoms with van der Waals surface area (Å²) in [4.78, 5) is 28.1. The van der Waals surface area contributed by atoms with Crippen molar-refractivity contribution >= 4 is 21.7 Å². The van der Waals surface area contributed by atoms with Gasteiger partial charge >= 0.3 is 0 Å². The highest BCUT2D eigenvalue weighted by Crippen LogP contribution is 2.29. The number of amides is 1. The second kappa shape index (κ2) is 8.33. The van der Waals surface area contributed by atoms with Crippen LogP contribution in [0.3, 0.4) is 0 Å². The number of hydrogen-bond donors (Lipinski definition) is 2. The van der Waals surface area contributed by atoms with Gasteiger partial charge in [-0.1, -0.05) is 0 Å². The lowest BCUT2D eigenvalue weighted by molar-refractivity contribution is 0.102. The summed E-state index contributed by atoms with van der Waals surface area (Å²) in [6.07, 6.45) is 6.48. The van der Waals surface area contributed by atoms with Crippen LogP contribution in [0.5, 0.6) is 0 Å². The fraction of sp³-hybridized carbons (Fsp3) is 0.300. The minimum absolute atomic E-state index is 0.174. The Morgan fingerprint density at radius 2 is 1.83 bits per heavy atom. The lowest BCUT2D eigenvalue weighted by atomic mass is 9.98. The molecule has 30 heavy (non-hydrogen) atoms.